The molecule has 0 aromatic heterocycles. The summed E-state index contributed by atoms with van der Waals surface area (Å²) in [7, 11) is 6.94. The van der Waals surface area contributed by atoms with Gasteiger partial charge < -0.3 is 10.9 Å². The molecule has 0 saturated carbocycles. The lowest BCUT2D eigenvalue weighted by atomic mass is 10.2. The van der Waals surface area contributed by atoms with Crippen molar-refractivity contribution in [2.45, 2.75) is 62.9 Å². The number of hydrogen-bond acceptors (Lipinski definition) is 8. The van der Waals surface area contributed by atoms with Crippen LogP contribution < -0.4 is 10.9 Å². The molecule has 4 nitrogen and oxygen atoms in total. The Morgan fingerprint density at radius 1 is 0.625 bits per heavy atom. The lowest BCUT2D eigenvalue weighted by Crippen LogP contribution is -2.40. The van der Waals surface area contributed by atoms with Gasteiger partial charge in [-0.15, -0.1) is 0 Å². The average Bonchev–Trinajstić information content (AvgIpc) is 3.20. The van der Waals surface area contributed by atoms with Gasteiger partial charge in [0, 0.05) is 37.7 Å². The van der Waals surface area contributed by atoms with Gasteiger partial charge in [-0.05, 0) is 58.4 Å². The quantitative estimate of drug-likeness (QED) is 0.269. The highest BCUT2D eigenvalue weighted by molar-refractivity contribution is 8.83. The third-order valence-corrected chi connectivity index (χ3v) is 10.8. The van der Waals surface area contributed by atoms with Crippen LogP contribution in [0, 0.1) is 0 Å². The summed E-state index contributed by atoms with van der Waals surface area (Å²) in [4.78, 5) is 0. The van der Waals surface area contributed by atoms with E-state index in [1.165, 1.54) is 62.5 Å². The van der Waals surface area contributed by atoms with Gasteiger partial charge in [0.2, 0.25) is 0 Å². The van der Waals surface area contributed by atoms with E-state index in [-0.39, 0.29) is 0 Å². The van der Waals surface area contributed by atoms with E-state index < -0.39 is 0 Å². The lowest BCUT2D eigenvalue weighted by molar-refractivity contribution is 0.249. The maximum atomic E-state index is 5.51. The summed E-state index contributed by atoms with van der Waals surface area (Å²) in [6.45, 7) is 4.40. The van der Waals surface area contributed by atoms with Crippen molar-refractivity contribution in [3.8, 4) is 0 Å². The Bertz CT molecular complexity index is 627. The van der Waals surface area contributed by atoms with Crippen molar-refractivity contribution in [2.24, 2.45) is 0 Å². The molecule has 2 heterocycles. The summed E-state index contributed by atoms with van der Waals surface area (Å²) in [5.41, 5.74) is 9.46. The molecule has 10 heteroatoms. The second-order valence-corrected chi connectivity index (χ2v) is 14.1. The standard InChI is InChI=1S/C22H34N4S6/c27-21(23-25-13-5-1-2-6-14-25)31-29-17-19-9-11-20(12-10-19)18-30-32-22(28)24-26-15-7-3-4-8-16-26/h9-12H,1-8,13-18H2,(H,23,27)(H,24,28). The first-order chi connectivity index (χ1) is 15.7. The Labute approximate surface area is 220 Å². The van der Waals surface area contributed by atoms with Crippen LogP contribution in [-0.4, -0.2) is 44.8 Å². The van der Waals surface area contributed by atoms with Crippen molar-refractivity contribution in [1.82, 2.24) is 20.9 Å². The molecule has 0 bridgehead atoms. The second kappa shape index (κ2) is 16.1. The van der Waals surface area contributed by atoms with Crippen molar-refractivity contribution in [3.05, 3.63) is 35.4 Å². The minimum absolute atomic E-state index is 0.867. The summed E-state index contributed by atoms with van der Waals surface area (Å²) in [5, 5.41) is 4.56. The Kier molecular flexibility index (Phi) is 13.5. The fraction of sp³-hybridized carbons (Fsp3) is 0.636. The molecule has 0 spiro atoms. The minimum Gasteiger partial charge on any atom is -0.303 e. The molecule has 2 aliphatic rings. The van der Waals surface area contributed by atoms with Crippen molar-refractivity contribution in [3.63, 3.8) is 0 Å². The molecule has 0 aliphatic carbocycles. The molecule has 2 fully saturated rings. The summed E-state index contributed by atoms with van der Waals surface area (Å²) in [6.07, 6.45) is 10.4. The SMILES string of the molecule is S=C(NN1CCCCCC1)SSCc1ccc(CSSC(=S)NN2CCCCCC2)cc1. The first kappa shape index (κ1) is 26.9. The van der Waals surface area contributed by atoms with Gasteiger partial charge in [0.15, 0.2) is 8.64 Å². The Balaban J connectivity index is 1.27. The minimum atomic E-state index is 0.867. The summed E-state index contributed by atoms with van der Waals surface area (Å²) in [6, 6.07) is 8.92. The number of hydrazine groups is 2. The Hall–Kier alpha value is 0.320. The third-order valence-electron chi connectivity index (χ3n) is 5.45. The van der Waals surface area contributed by atoms with Gasteiger partial charge in [0.1, 0.15) is 0 Å². The largest absolute Gasteiger partial charge is 0.303 e. The number of thiocarbonyl (C=S) groups is 2. The molecule has 32 heavy (non-hydrogen) atoms. The van der Waals surface area contributed by atoms with Gasteiger partial charge in [-0.1, -0.05) is 96.0 Å². The van der Waals surface area contributed by atoms with E-state index in [0.29, 0.717) is 0 Å². The van der Waals surface area contributed by atoms with Crippen LogP contribution in [0.3, 0.4) is 0 Å². The van der Waals surface area contributed by atoms with Crippen molar-refractivity contribution in [1.29, 1.82) is 0 Å². The molecule has 2 saturated heterocycles. The zero-order chi connectivity index (χ0) is 22.4. The van der Waals surface area contributed by atoms with Gasteiger partial charge >= 0.3 is 0 Å². The Morgan fingerprint density at radius 3 is 1.31 bits per heavy atom. The number of hydrogen-bond donors (Lipinski definition) is 2. The van der Waals surface area contributed by atoms with Crippen LogP contribution in [0.15, 0.2) is 24.3 Å². The first-order valence-electron chi connectivity index (χ1n) is 11.5. The molecule has 0 atom stereocenters. The Morgan fingerprint density at radius 2 is 0.969 bits per heavy atom. The van der Waals surface area contributed by atoms with Gasteiger partial charge in [-0.25, -0.2) is 10.0 Å². The van der Waals surface area contributed by atoms with Gasteiger partial charge in [0.25, 0.3) is 0 Å². The molecular formula is C22H34N4S6. The van der Waals surface area contributed by atoms with Gasteiger partial charge in [-0.3, -0.25) is 0 Å². The van der Waals surface area contributed by atoms with Crippen LogP contribution >= 0.6 is 67.6 Å². The molecule has 2 aliphatic heterocycles. The molecule has 1 aromatic rings. The normalized spacial score (nSPS) is 18.5. The second-order valence-electron chi connectivity index (χ2n) is 8.11. The molecule has 0 radical (unpaired) electrons. The number of benzene rings is 1. The number of rotatable bonds is 8. The number of nitrogens with one attached hydrogen (secondary N) is 2. The smallest absolute Gasteiger partial charge is 0.158 e. The molecule has 1 aromatic carbocycles. The van der Waals surface area contributed by atoms with Crippen molar-refractivity contribution < 1.29 is 0 Å². The predicted molar refractivity (Wildman–Crippen MR) is 156 cm³/mol. The molecule has 2 N–H and O–H groups in total. The van der Waals surface area contributed by atoms with E-state index in [9.17, 15) is 0 Å². The van der Waals surface area contributed by atoms with Gasteiger partial charge in [0.05, 0.1) is 0 Å². The highest BCUT2D eigenvalue weighted by Crippen LogP contribution is 2.29. The average molecular weight is 547 g/mol. The number of nitrogens with zero attached hydrogens (tertiary/aromatic N) is 2. The van der Waals surface area contributed by atoms with Crippen LogP contribution in [0.4, 0.5) is 0 Å². The van der Waals surface area contributed by atoms with E-state index in [1.807, 2.05) is 0 Å². The summed E-state index contributed by atoms with van der Waals surface area (Å²) in [5.74, 6) is 1.91. The van der Waals surface area contributed by atoms with Crippen LogP contribution in [0.1, 0.15) is 62.5 Å². The molecule has 0 unspecified atom stereocenters. The van der Waals surface area contributed by atoms with Crippen molar-refractivity contribution >= 4 is 76.3 Å². The highest BCUT2D eigenvalue weighted by Gasteiger charge is 2.11. The maximum Gasteiger partial charge on any atom is 0.158 e. The van der Waals surface area contributed by atoms with E-state index in [0.717, 1.165) is 46.3 Å². The zero-order valence-corrected chi connectivity index (χ0v) is 23.5. The molecule has 0 amide bonds. The summed E-state index contributed by atoms with van der Waals surface area (Å²) >= 11 is 11.0. The highest BCUT2D eigenvalue weighted by atomic mass is 33.1. The van der Waals surface area contributed by atoms with Crippen LogP contribution in [0.2, 0.25) is 0 Å². The predicted octanol–water partition coefficient (Wildman–Crippen LogP) is 6.78. The third kappa shape index (κ3) is 11.2. The van der Waals surface area contributed by atoms with E-state index in [2.05, 4.69) is 45.1 Å². The van der Waals surface area contributed by atoms with E-state index >= 15 is 0 Å². The zero-order valence-electron chi connectivity index (χ0n) is 18.6. The fourth-order valence-corrected chi connectivity index (χ4v) is 8.18. The van der Waals surface area contributed by atoms with Crippen LogP contribution in [-0.2, 0) is 11.5 Å². The van der Waals surface area contributed by atoms with Crippen LogP contribution in [0.25, 0.3) is 0 Å². The maximum absolute atomic E-state index is 5.51. The van der Waals surface area contributed by atoms with E-state index in [1.54, 1.807) is 43.2 Å². The van der Waals surface area contributed by atoms with Crippen molar-refractivity contribution in [2.75, 3.05) is 26.2 Å². The monoisotopic (exact) mass is 546 g/mol. The topological polar surface area (TPSA) is 30.5 Å². The van der Waals surface area contributed by atoms with Gasteiger partial charge in [-0.2, -0.15) is 0 Å². The molecular weight excluding hydrogens is 513 g/mol. The first-order valence-corrected chi connectivity index (χ1v) is 16.9. The molecule has 3 rings (SSSR count). The lowest BCUT2D eigenvalue weighted by Gasteiger charge is -2.21. The summed E-state index contributed by atoms with van der Waals surface area (Å²) < 4.78 is 1.73. The molecule has 178 valence electrons. The fourth-order valence-electron chi connectivity index (χ4n) is 3.69. The van der Waals surface area contributed by atoms with Crippen LogP contribution in [0.5, 0.6) is 0 Å². The van der Waals surface area contributed by atoms with E-state index in [4.69, 9.17) is 24.4 Å².